The molecular weight excluding hydrogens is 450 g/mol. The first-order valence-electron chi connectivity index (χ1n) is 11.2. The van der Waals surface area contributed by atoms with Gasteiger partial charge in [-0.3, -0.25) is 0 Å². The molecule has 174 valence electrons. The number of aromatic nitrogens is 2. The summed E-state index contributed by atoms with van der Waals surface area (Å²) in [4.78, 5) is 14.4. The van der Waals surface area contributed by atoms with Crippen LogP contribution in [0.5, 0.6) is 11.5 Å². The summed E-state index contributed by atoms with van der Waals surface area (Å²) in [6, 6.07) is 21.9. The summed E-state index contributed by atoms with van der Waals surface area (Å²) < 4.78 is 11.0. The molecular formula is C26H26ClN5O2. The molecule has 0 atom stereocenters. The van der Waals surface area contributed by atoms with Gasteiger partial charge in [-0.15, -0.1) is 0 Å². The van der Waals surface area contributed by atoms with Crippen LogP contribution in [0, 0.1) is 0 Å². The van der Waals surface area contributed by atoms with Crippen LogP contribution in [-0.4, -0.2) is 50.4 Å². The molecule has 1 N–H and O–H groups in total. The lowest BCUT2D eigenvalue weighted by atomic mass is 10.2. The van der Waals surface area contributed by atoms with Crippen molar-refractivity contribution >= 4 is 45.6 Å². The molecule has 0 aliphatic carbocycles. The van der Waals surface area contributed by atoms with Crippen LogP contribution in [0.2, 0.25) is 5.02 Å². The van der Waals surface area contributed by atoms with E-state index in [0.29, 0.717) is 28.3 Å². The van der Waals surface area contributed by atoms with E-state index in [1.807, 2.05) is 42.5 Å². The molecule has 5 rings (SSSR count). The molecule has 2 heterocycles. The number of hydrogen-bond acceptors (Lipinski definition) is 7. The Hall–Kier alpha value is -3.71. The van der Waals surface area contributed by atoms with Gasteiger partial charge in [-0.05, 0) is 36.4 Å². The lowest BCUT2D eigenvalue weighted by Gasteiger charge is -2.36. The monoisotopic (exact) mass is 475 g/mol. The van der Waals surface area contributed by atoms with Crippen molar-refractivity contribution in [3.05, 3.63) is 71.8 Å². The van der Waals surface area contributed by atoms with Crippen molar-refractivity contribution in [2.45, 2.75) is 0 Å². The van der Waals surface area contributed by atoms with E-state index in [2.05, 4.69) is 39.4 Å². The third kappa shape index (κ3) is 4.52. The Balaban J connectivity index is 1.50. The van der Waals surface area contributed by atoms with Crippen LogP contribution in [0.4, 0.5) is 23.1 Å². The fourth-order valence-electron chi connectivity index (χ4n) is 4.19. The first-order chi connectivity index (χ1) is 16.6. The fraction of sp³-hybridized carbons (Fsp3) is 0.231. The zero-order valence-electron chi connectivity index (χ0n) is 19.2. The maximum atomic E-state index is 6.21. The van der Waals surface area contributed by atoms with Crippen LogP contribution < -0.4 is 24.6 Å². The molecule has 1 saturated heterocycles. The van der Waals surface area contributed by atoms with Crippen LogP contribution in [0.1, 0.15) is 0 Å². The molecule has 0 amide bonds. The number of halogens is 1. The van der Waals surface area contributed by atoms with E-state index >= 15 is 0 Å². The third-order valence-electron chi connectivity index (χ3n) is 5.96. The van der Waals surface area contributed by atoms with Gasteiger partial charge in [0.05, 0.1) is 19.7 Å². The molecule has 1 aliphatic heterocycles. The minimum Gasteiger partial charge on any atom is -0.493 e. The summed E-state index contributed by atoms with van der Waals surface area (Å²) in [7, 11) is 3.24. The van der Waals surface area contributed by atoms with Gasteiger partial charge in [-0.2, -0.15) is 4.98 Å². The number of hydrogen-bond donors (Lipinski definition) is 1. The summed E-state index contributed by atoms with van der Waals surface area (Å²) in [6.45, 7) is 3.44. The molecule has 0 bridgehead atoms. The molecule has 34 heavy (non-hydrogen) atoms. The van der Waals surface area contributed by atoms with Crippen LogP contribution in [0.3, 0.4) is 0 Å². The number of para-hydroxylation sites is 1. The van der Waals surface area contributed by atoms with E-state index in [1.54, 1.807) is 14.2 Å². The van der Waals surface area contributed by atoms with Crippen molar-refractivity contribution in [2.24, 2.45) is 0 Å². The van der Waals surface area contributed by atoms with E-state index in [1.165, 1.54) is 5.69 Å². The normalized spacial score (nSPS) is 13.7. The van der Waals surface area contributed by atoms with E-state index in [-0.39, 0.29) is 0 Å². The molecule has 7 nitrogen and oxygen atoms in total. The number of ether oxygens (including phenoxy) is 2. The third-order valence-corrected chi connectivity index (χ3v) is 6.20. The molecule has 0 unspecified atom stereocenters. The Bertz CT molecular complexity index is 1290. The van der Waals surface area contributed by atoms with Gasteiger partial charge in [-0.25, -0.2) is 4.98 Å². The molecule has 1 aromatic heterocycles. The zero-order chi connectivity index (χ0) is 23.5. The van der Waals surface area contributed by atoms with Crippen molar-refractivity contribution in [2.75, 3.05) is 55.5 Å². The number of nitrogens with zero attached hydrogens (tertiary/aromatic N) is 4. The average Bonchev–Trinajstić information content (AvgIpc) is 2.88. The molecule has 4 aromatic rings. The maximum absolute atomic E-state index is 6.21. The number of benzene rings is 3. The Labute approximate surface area is 203 Å². The Morgan fingerprint density at radius 2 is 1.50 bits per heavy atom. The standard InChI is InChI=1S/C26H26ClN5O2/c1-33-23-16-21-22(17-24(23)34-2)29-26(30-25(21)28-19-8-6-7-18(27)15-19)32-13-11-31(12-14-32)20-9-4-3-5-10-20/h3-10,15-17H,11-14H2,1-2H3,(H,28,29,30). The minimum absolute atomic E-state index is 0.622. The van der Waals surface area contributed by atoms with Gasteiger partial charge in [-0.1, -0.05) is 35.9 Å². The number of fused-ring (bicyclic) bond motifs is 1. The molecule has 1 fully saturated rings. The summed E-state index contributed by atoms with van der Waals surface area (Å²) >= 11 is 6.21. The Kier molecular flexibility index (Phi) is 6.27. The second kappa shape index (κ2) is 9.65. The largest absolute Gasteiger partial charge is 0.493 e. The van der Waals surface area contributed by atoms with Gasteiger partial charge in [0.15, 0.2) is 11.5 Å². The zero-order valence-corrected chi connectivity index (χ0v) is 19.9. The van der Waals surface area contributed by atoms with E-state index in [9.17, 15) is 0 Å². The van der Waals surface area contributed by atoms with Gasteiger partial charge < -0.3 is 24.6 Å². The van der Waals surface area contributed by atoms with E-state index in [0.717, 1.165) is 42.8 Å². The minimum atomic E-state index is 0.622. The average molecular weight is 476 g/mol. The second-order valence-corrected chi connectivity index (χ2v) is 8.48. The highest BCUT2D eigenvalue weighted by Gasteiger charge is 2.22. The van der Waals surface area contributed by atoms with E-state index in [4.69, 9.17) is 31.0 Å². The van der Waals surface area contributed by atoms with Crippen molar-refractivity contribution in [1.82, 2.24) is 9.97 Å². The lowest BCUT2D eigenvalue weighted by Crippen LogP contribution is -2.47. The SMILES string of the molecule is COc1cc2nc(N3CCN(c4ccccc4)CC3)nc(Nc3cccc(Cl)c3)c2cc1OC. The molecule has 1 aliphatic rings. The van der Waals surface area contributed by atoms with Crippen LogP contribution in [0.25, 0.3) is 10.9 Å². The van der Waals surface area contributed by atoms with Crippen molar-refractivity contribution in [3.63, 3.8) is 0 Å². The first kappa shape index (κ1) is 22.1. The predicted molar refractivity (Wildman–Crippen MR) is 138 cm³/mol. The van der Waals surface area contributed by atoms with Crippen molar-refractivity contribution in [3.8, 4) is 11.5 Å². The predicted octanol–water partition coefficient (Wildman–Crippen LogP) is 5.37. The summed E-state index contributed by atoms with van der Waals surface area (Å²) in [5, 5.41) is 4.91. The highest BCUT2D eigenvalue weighted by Crippen LogP contribution is 2.36. The van der Waals surface area contributed by atoms with Gasteiger partial charge in [0.25, 0.3) is 0 Å². The maximum Gasteiger partial charge on any atom is 0.228 e. The van der Waals surface area contributed by atoms with Crippen LogP contribution in [-0.2, 0) is 0 Å². The van der Waals surface area contributed by atoms with Gasteiger partial charge in [0, 0.05) is 54.0 Å². The second-order valence-electron chi connectivity index (χ2n) is 8.04. The topological polar surface area (TPSA) is 62.8 Å². The van der Waals surface area contributed by atoms with Gasteiger partial charge >= 0.3 is 0 Å². The van der Waals surface area contributed by atoms with Crippen molar-refractivity contribution < 1.29 is 9.47 Å². The first-order valence-corrected chi connectivity index (χ1v) is 11.5. The molecule has 0 radical (unpaired) electrons. The molecule has 0 spiro atoms. The summed E-state index contributed by atoms with van der Waals surface area (Å²) in [5.74, 6) is 2.62. The van der Waals surface area contributed by atoms with Crippen molar-refractivity contribution in [1.29, 1.82) is 0 Å². The number of nitrogens with one attached hydrogen (secondary N) is 1. The van der Waals surface area contributed by atoms with Crippen LogP contribution in [0.15, 0.2) is 66.7 Å². The highest BCUT2D eigenvalue weighted by molar-refractivity contribution is 6.30. The van der Waals surface area contributed by atoms with Gasteiger partial charge in [0.1, 0.15) is 5.82 Å². The smallest absolute Gasteiger partial charge is 0.228 e. The fourth-order valence-corrected chi connectivity index (χ4v) is 4.38. The number of piperazine rings is 1. The number of methoxy groups -OCH3 is 2. The molecule has 3 aromatic carbocycles. The lowest BCUT2D eigenvalue weighted by molar-refractivity contribution is 0.356. The van der Waals surface area contributed by atoms with E-state index < -0.39 is 0 Å². The Morgan fingerprint density at radius 3 is 2.21 bits per heavy atom. The Morgan fingerprint density at radius 1 is 0.794 bits per heavy atom. The summed E-state index contributed by atoms with van der Waals surface area (Å²) in [6.07, 6.45) is 0. The molecule has 0 saturated carbocycles. The number of anilines is 4. The quantitative estimate of drug-likeness (QED) is 0.402. The van der Waals surface area contributed by atoms with Gasteiger partial charge in [0.2, 0.25) is 5.95 Å². The van der Waals surface area contributed by atoms with Crippen LogP contribution >= 0.6 is 11.6 Å². The summed E-state index contributed by atoms with van der Waals surface area (Å²) in [5.41, 5.74) is 2.86. The molecule has 8 heteroatoms. The number of rotatable bonds is 6. The highest BCUT2D eigenvalue weighted by atomic mass is 35.5.